The van der Waals surface area contributed by atoms with Crippen molar-refractivity contribution in [1.29, 1.82) is 0 Å². The minimum Gasteiger partial charge on any atom is -0.452 e. The molecule has 1 atom stereocenters. The molecule has 1 N–H and O–H groups in total. The van der Waals surface area contributed by atoms with Crippen molar-refractivity contribution < 1.29 is 18.5 Å². The molecule has 0 saturated carbocycles. The first kappa shape index (κ1) is 19.1. The van der Waals surface area contributed by atoms with Crippen LogP contribution >= 0.6 is 11.6 Å². The molecule has 132 valence electrons. The van der Waals surface area contributed by atoms with Crippen molar-refractivity contribution >= 4 is 34.3 Å². The van der Waals surface area contributed by atoms with Gasteiger partial charge in [0.25, 0.3) is 5.91 Å². The lowest BCUT2D eigenvalue weighted by molar-refractivity contribution is -0.124. The molecule has 0 unspecified atom stereocenters. The number of ether oxygens (including phenoxy) is 1. The second-order valence-corrected chi connectivity index (χ2v) is 7.04. The standard InChI is InChI=1S/C18H18ClNO4S/c1-25(23)16-8-3-2-7-15(16)18(22)24-12-17(21)20-10-9-13-5-4-6-14(19)11-13/h2-8,11H,9-10,12H2,1H3,(H,20,21)/t25-/m1/s1. The molecule has 7 heteroatoms. The van der Waals surface area contributed by atoms with E-state index in [0.29, 0.717) is 22.9 Å². The molecule has 0 fully saturated rings. The van der Waals surface area contributed by atoms with Gasteiger partial charge in [0.1, 0.15) is 0 Å². The van der Waals surface area contributed by atoms with Crippen molar-refractivity contribution in [2.24, 2.45) is 0 Å². The fourth-order valence-corrected chi connectivity index (χ4v) is 3.13. The lowest BCUT2D eigenvalue weighted by atomic mass is 10.1. The van der Waals surface area contributed by atoms with E-state index in [-0.39, 0.29) is 12.2 Å². The third-order valence-electron chi connectivity index (χ3n) is 3.38. The molecule has 0 spiro atoms. The van der Waals surface area contributed by atoms with Gasteiger partial charge in [-0.1, -0.05) is 35.9 Å². The van der Waals surface area contributed by atoms with Gasteiger partial charge in [-0.25, -0.2) is 4.79 Å². The number of carbonyl (C=O) groups excluding carboxylic acids is 2. The van der Waals surface area contributed by atoms with Crippen molar-refractivity contribution in [1.82, 2.24) is 5.32 Å². The monoisotopic (exact) mass is 379 g/mol. The van der Waals surface area contributed by atoms with E-state index < -0.39 is 22.7 Å². The van der Waals surface area contributed by atoms with Crippen LogP contribution in [0.15, 0.2) is 53.4 Å². The molecule has 0 aromatic heterocycles. The van der Waals surface area contributed by atoms with Crippen LogP contribution in [-0.4, -0.2) is 35.5 Å². The summed E-state index contributed by atoms with van der Waals surface area (Å²) in [6.07, 6.45) is 2.10. The number of esters is 1. The molecule has 0 aliphatic rings. The van der Waals surface area contributed by atoms with Crippen molar-refractivity contribution in [2.75, 3.05) is 19.4 Å². The Morgan fingerprint density at radius 1 is 1.16 bits per heavy atom. The zero-order valence-corrected chi connectivity index (χ0v) is 15.2. The van der Waals surface area contributed by atoms with Crippen LogP contribution in [0.5, 0.6) is 0 Å². The normalized spacial score (nSPS) is 11.6. The lowest BCUT2D eigenvalue weighted by Crippen LogP contribution is -2.30. The summed E-state index contributed by atoms with van der Waals surface area (Å²) >= 11 is 5.90. The van der Waals surface area contributed by atoms with Gasteiger partial charge in [-0.2, -0.15) is 0 Å². The van der Waals surface area contributed by atoms with Crippen LogP contribution in [0.2, 0.25) is 5.02 Å². The first-order valence-corrected chi connectivity index (χ1v) is 9.51. The number of rotatable bonds is 7. The van der Waals surface area contributed by atoms with Gasteiger partial charge in [0.2, 0.25) is 0 Å². The highest BCUT2D eigenvalue weighted by molar-refractivity contribution is 7.84. The quantitative estimate of drug-likeness (QED) is 0.750. The Balaban J connectivity index is 1.80. The van der Waals surface area contributed by atoms with E-state index in [1.54, 1.807) is 24.3 Å². The van der Waals surface area contributed by atoms with E-state index in [1.165, 1.54) is 12.3 Å². The summed E-state index contributed by atoms with van der Waals surface area (Å²) < 4.78 is 16.6. The Labute approximate surface area is 153 Å². The SMILES string of the molecule is C[S@@](=O)c1ccccc1C(=O)OCC(=O)NCCc1cccc(Cl)c1. The summed E-state index contributed by atoms with van der Waals surface area (Å²) in [4.78, 5) is 24.2. The molecular weight excluding hydrogens is 362 g/mol. The number of hydrogen-bond donors (Lipinski definition) is 1. The van der Waals surface area contributed by atoms with Gasteiger partial charge < -0.3 is 10.1 Å². The molecule has 0 radical (unpaired) electrons. The van der Waals surface area contributed by atoms with Crippen LogP contribution in [0.4, 0.5) is 0 Å². The molecule has 0 aliphatic carbocycles. The molecule has 0 heterocycles. The highest BCUT2D eigenvalue weighted by Gasteiger charge is 2.15. The van der Waals surface area contributed by atoms with E-state index in [1.807, 2.05) is 18.2 Å². The average Bonchev–Trinajstić information content (AvgIpc) is 2.59. The Bertz CT molecular complexity index is 794. The number of halogens is 1. The minimum absolute atomic E-state index is 0.204. The van der Waals surface area contributed by atoms with Crippen LogP contribution in [0.3, 0.4) is 0 Å². The fourth-order valence-electron chi connectivity index (χ4n) is 2.18. The predicted molar refractivity (Wildman–Crippen MR) is 97.2 cm³/mol. The third-order valence-corrected chi connectivity index (χ3v) is 4.59. The number of nitrogens with one attached hydrogen (secondary N) is 1. The lowest BCUT2D eigenvalue weighted by Gasteiger charge is -2.09. The molecule has 2 aromatic rings. The molecule has 0 bridgehead atoms. The van der Waals surface area contributed by atoms with Crippen molar-refractivity contribution in [3.05, 3.63) is 64.7 Å². The Morgan fingerprint density at radius 2 is 1.92 bits per heavy atom. The summed E-state index contributed by atoms with van der Waals surface area (Å²) in [6.45, 7) is 0.0192. The maximum absolute atomic E-state index is 12.1. The Kier molecular flexibility index (Phi) is 7.16. The van der Waals surface area contributed by atoms with E-state index in [9.17, 15) is 13.8 Å². The maximum atomic E-state index is 12.1. The summed E-state index contributed by atoms with van der Waals surface area (Å²) in [5.74, 6) is -1.07. The van der Waals surface area contributed by atoms with E-state index in [2.05, 4.69) is 5.32 Å². The van der Waals surface area contributed by atoms with Gasteiger partial charge in [0.15, 0.2) is 6.61 Å². The molecule has 2 aromatic carbocycles. The average molecular weight is 380 g/mol. The molecular formula is C18H18ClNO4S. The van der Waals surface area contributed by atoms with Crippen molar-refractivity contribution in [3.8, 4) is 0 Å². The van der Waals surface area contributed by atoms with Gasteiger partial charge in [-0.3, -0.25) is 9.00 Å². The highest BCUT2D eigenvalue weighted by Crippen LogP contribution is 2.13. The van der Waals surface area contributed by atoms with Crippen molar-refractivity contribution in [3.63, 3.8) is 0 Å². The highest BCUT2D eigenvalue weighted by atomic mass is 35.5. The van der Waals surface area contributed by atoms with Crippen LogP contribution in [0.1, 0.15) is 15.9 Å². The molecule has 0 saturated heterocycles. The smallest absolute Gasteiger partial charge is 0.339 e. The van der Waals surface area contributed by atoms with Crippen LogP contribution < -0.4 is 5.32 Å². The fraction of sp³-hybridized carbons (Fsp3) is 0.222. The molecule has 25 heavy (non-hydrogen) atoms. The largest absolute Gasteiger partial charge is 0.452 e. The number of hydrogen-bond acceptors (Lipinski definition) is 4. The number of amides is 1. The van der Waals surface area contributed by atoms with Gasteiger partial charge in [0, 0.05) is 17.8 Å². The topological polar surface area (TPSA) is 72.5 Å². The summed E-state index contributed by atoms with van der Waals surface area (Å²) in [7, 11) is -1.32. The maximum Gasteiger partial charge on any atom is 0.339 e. The van der Waals surface area contributed by atoms with Crippen LogP contribution in [0.25, 0.3) is 0 Å². The predicted octanol–water partition coefficient (Wildman–Crippen LogP) is 2.59. The first-order chi connectivity index (χ1) is 12.0. The summed E-state index contributed by atoms with van der Waals surface area (Å²) in [5.41, 5.74) is 1.21. The summed E-state index contributed by atoms with van der Waals surface area (Å²) in [5, 5.41) is 3.32. The Morgan fingerprint density at radius 3 is 2.64 bits per heavy atom. The summed E-state index contributed by atoms with van der Waals surface area (Å²) in [6, 6.07) is 13.8. The minimum atomic E-state index is -1.32. The molecule has 5 nitrogen and oxygen atoms in total. The number of carbonyl (C=O) groups is 2. The van der Waals surface area contributed by atoms with E-state index in [4.69, 9.17) is 16.3 Å². The van der Waals surface area contributed by atoms with Gasteiger partial charge in [0.05, 0.1) is 21.3 Å². The zero-order valence-electron chi connectivity index (χ0n) is 13.7. The number of benzene rings is 2. The molecule has 1 amide bonds. The van der Waals surface area contributed by atoms with Crippen molar-refractivity contribution in [2.45, 2.75) is 11.3 Å². The molecule has 2 rings (SSSR count). The van der Waals surface area contributed by atoms with Gasteiger partial charge >= 0.3 is 5.97 Å². The second kappa shape index (κ2) is 9.34. The second-order valence-electron chi connectivity index (χ2n) is 5.26. The van der Waals surface area contributed by atoms with Crippen LogP contribution in [-0.2, 0) is 26.8 Å². The molecule has 0 aliphatic heterocycles. The van der Waals surface area contributed by atoms with Gasteiger partial charge in [-0.15, -0.1) is 0 Å². The third kappa shape index (κ3) is 5.99. The van der Waals surface area contributed by atoms with E-state index in [0.717, 1.165) is 5.56 Å². The van der Waals surface area contributed by atoms with E-state index >= 15 is 0 Å². The Hall–Kier alpha value is -2.18. The zero-order chi connectivity index (χ0) is 18.2. The van der Waals surface area contributed by atoms with Crippen LogP contribution in [0, 0.1) is 0 Å². The van der Waals surface area contributed by atoms with Gasteiger partial charge in [-0.05, 0) is 36.2 Å². The first-order valence-electron chi connectivity index (χ1n) is 7.58.